The summed E-state index contributed by atoms with van der Waals surface area (Å²) in [6.07, 6.45) is 7.51. The highest BCUT2D eigenvalue weighted by molar-refractivity contribution is 7.91. The normalized spacial score (nSPS) is 20.9. The summed E-state index contributed by atoms with van der Waals surface area (Å²) in [5.74, 6) is 0.583. The van der Waals surface area contributed by atoms with Gasteiger partial charge in [-0.15, -0.1) is 4.36 Å². The average Bonchev–Trinajstić information content (AvgIpc) is 3.46. The van der Waals surface area contributed by atoms with Crippen LogP contribution in [0.1, 0.15) is 35.1 Å². The van der Waals surface area contributed by atoms with Crippen molar-refractivity contribution in [2.75, 3.05) is 25.5 Å². The van der Waals surface area contributed by atoms with Crippen LogP contribution in [-0.4, -0.2) is 40.2 Å². The van der Waals surface area contributed by atoms with E-state index in [4.69, 9.17) is 9.88 Å². The van der Waals surface area contributed by atoms with E-state index in [0.717, 1.165) is 50.8 Å². The third kappa shape index (κ3) is 3.72. The summed E-state index contributed by atoms with van der Waals surface area (Å²) in [6.45, 7) is 1.87. The molecule has 1 aromatic heterocycles. The van der Waals surface area contributed by atoms with Crippen molar-refractivity contribution >= 4 is 21.6 Å². The zero-order valence-electron chi connectivity index (χ0n) is 17.6. The summed E-state index contributed by atoms with van der Waals surface area (Å²) in [7, 11) is -1.62. The van der Waals surface area contributed by atoms with Crippen molar-refractivity contribution < 1.29 is 13.7 Å². The van der Waals surface area contributed by atoms with Gasteiger partial charge in [-0.2, -0.15) is 5.10 Å². The van der Waals surface area contributed by atoms with E-state index < -0.39 is 15.9 Å². The summed E-state index contributed by atoms with van der Waals surface area (Å²) in [5.41, 5.74) is 5.85. The Labute approximate surface area is 182 Å². The number of carbonyl (C=O) groups excluding carboxylic acids is 1. The molecule has 2 amide bonds. The number of hydrogen-bond donors (Lipinski definition) is 3. The lowest BCUT2D eigenvalue weighted by Crippen LogP contribution is -2.33. The van der Waals surface area contributed by atoms with Gasteiger partial charge in [-0.1, -0.05) is 6.07 Å². The minimum atomic E-state index is -3.50. The van der Waals surface area contributed by atoms with Gasteiger partial charge in [-0.05, 0) is 67.8 Å². The smallest absolute Gasteiger partial charge is 0.354 e. The summed E-state index contributed by atoms with van der Waals surface area (Å²) in [5, 5.41) is 16.3. The Balaban J connectivity index is 1.42. The number of aryl methyl sites for hydroxylation is 2. The maximum atomic E-state index is 13.2. The topological polar surface area (TPSA) is 124 Å². The summed E-state index contributed by atoms with van der Waals surface area (Å²) in [6, 6.07) is 1.60. The van der Waals surface area contributed by atoms with Crippen molar-refractivity contribution in [1.29, 1.82) is 0 Å². The first-order valence-electron chi connectivity index (χ1n) is 10.8. The monoisotopic (exact) mass is 444 g/mol. The molecule has 1 aliphatic heterocycles. The van der Waals surface area contributed by atoms with E-state index in [-0.39, 0.29) is 10.8 Å². The number of carbonyl (C=O) groups is 1. The molecule has 2 aromatic rings. The number of rotatable bonds is 4. The fraction of sp³-hybridized carbons (Fsp3) is 0.524. The van der Waals surface area contributed by atoms with Gasteiger partial charge in [0.2, 0.25) is 5.88 Å². The van der Waals surface area contributed by atoms with Gasteiger partial charge < -0.3 is 15.4 Å². The highest BCUT2D eigenvalue weighted by Gasteiger charge is 2.29. The Bertz CT molecular complexity index is 1130. The molecule has 31 heavy (non-hydrogen) atoms. The van der Waals surface area contributed by atoms with Gasteiger partial charge in [-0.3, -0.25) is 0 Å². The van der Waals surface area contributed by atoms with Crippen LogP contribution >= 0.6 is 0 Å². The summed E-state index contributed by atoms with van der Waals surface area (Å²) in [4.78, 5) is 13.0. The predicted octanol–water partition coefficient (Wildman–Crippen LogP) is 2.02. The Morgan fingerprint density at radius 3 is 2.68 bits per heavy atom. The van der Waals surface area contributed by atoms with Crippen molar-refractivity contribution in [3.05, 3.63) is 34.5 Å². The second kappa shape index (κ2) is 7.92. The highest BCUT2D eigenvalue weighted by atomic mass is 32.2. The van der Waals surface area contributed by atoms with Crippen LogP contribution in [0.5, 0.6) is 5.88 Å². The number of urea groups is 1. The molecule has 2 aliphatic carbocycles. The van der Waals surface area contributed by atoms with E-state index in [1.807, 2.05) is 7.05 Å². The van der Waals surface area contributed by atoms with E-state index in [1.54, 1.807) is 4.68 Å². The third-order valence-electron chi connectivity index (χ3n) is 6.38. The van der Waals surface area contributed by atoms with Crippen molar-refractivity contribution in [3.63, 3.8) is 0 Å². The number of nitrogens with two attached hydrogens (primary N) is 1. The predicted molar refractivity (Wildman–Crippen MR) is 118 cm³/mol. The van der Waals surface area contributed by atoms with Crippen LogP contribution in [0.2, 0.25) is 0 Å². The van der Waals surface area contributed by atoms with Gasteiger partial charge in [0.05, 0.1) is 19.3 Å². The largest absolute Gasteiger partial charge is 0.476 e. The molecule has 0 spiro atoms. The number of ether oxygens (including phenoxy) is 1. The number of amides is 2. The first-order chi connectivity index (χ1) is 15.0. The standard InChI is InChI=1S/C21H28N6O3S/c1-23-9-13-11-27-20(30-12-13)18(10-24-27)31(22,29)26-21(28)25-19-16-6-2-4-14(16)8-15-5-3-7-17(15)19/h8,10,13,23H,2-7,9,11-12H2,1H3,(H3,22,25,26,28,29)/t13-,31+/m0/s1. The number of benzene rings is 1. The SMILES string of the molecule is CNC[C@@H]1COc2c([S@](N)(=O)=NC(=O)Nc3c4c(cc5c3CCC5)CCC4)cnn2C1. The maximum Gasteiger partial charge on any atom is 0.354 e. The molecule has 2 atom stereocenters. The molecule has 0 unspecified atom stereocenters. The van der Waals surface area contributed by atoms with Crippen LogP contribution in [0.3, 0.4) is 0 Å². The maximum absolute atomic E-state index is 13.2. The Kier molecular flexibility index (Phi) is 5.23. The van der Waals surface area contributed by atoms with E-state index in [9.17, 15) is 9.00 Å². The Morgan fingerprint density at radius 1 is 1.29 bits per heavy atom. The van der Waals surface area contributed by atoms with Crippen LogP contribution in [0.15, 0.2) is 21.5 Å². The van der Waals surface area contributed by atoms with Crippen LogP contribution in [0, 0.1) is 5.92 Å². The van der Waals surface area contributed by atoms with Gasteiger partial charge in [0.1, 0.15) is 4.90 Å². The Hall–Kier alpha value is -2.43. The van der Waals surface area contributed by atoms with Gasteiger partial charge in [-0.25, -0.2) is 18.8 Å². The van der Waals surface area contributed by atoms with Crippen molar-refractivity contribution in [2.24, 2.45) is 15.4 Å². The molecule has 0 fully saturated rings. The molecule has 2 heterocycles. The zero-order valence-corrected chi connectivity index (χ0v) is 18.5. The third-order valence-corrected chi connectivity index (χ3v) is 7.73. The van der Waals surface area contributed by atoms with Crippen LogP contribution in [0.25, 0.3) is 0 Å². The second-order valence-corrected chi connectivity index (χ2v) is 10.3. The molecule has 5 rings (SSSR count). The summed E-state index contributed by atoms with van der Waals surface area (Å²) >= 11 is 0. The lowest BCUT2D eigenvalue weighted by Gasteiger charge is -2.24. The summed E-state index contributed by atoms with van der Waals surface area (Å²) < 4.78 is 24.5. The highest BCUT2D eigenvalue weighted by Crippen LogP contribution is 2.38. The fourth-order valence-electron chi connectivity index (χ4n) is 5.01. The van der Waals surface area contributed by atoms with E-state index in [0.29, 0.717) is 19.0 Å². The number of aromatic nitrogens is 2. The lowest BCUT2D eigenvalue weighted by molar-refractivity contribution is 0.159. The molecular formula is C21H28N6O3S. The van der Waals surface area contributed by atoms with Gasteiger partial charge in [0, 0.05) is 18.2 Å². The van der Waals surface area contributed by atoms with Gasteiger partial charge in [0.25, 0.3) is 0 Å². The van der Waals surface area contributed by atoms with Crippen molar-refractivity contribution in [1.82, 2.24) is 15.1 Å². The lowest BCUT2D eigenvalue weighted by atomic mass is 9.99. The van der Waals surface area contributed by atoms with Gasteiger partial charge >= 0.3 is 6.03 Å². The number of fused-ring (bicyclic) bond motifs is 3. The number of hydrogen-bond acceptors (Lipinski definition) is 5. The molecular weight excluding hydrogens is 416 g/mol. The van der Waals surface area contributed by atoms with E-state index in [2.05, 4.69) is 26.2 Å². The fourth-order valence-corrected chi connectivity index (χ4v) is 6.01. The number of nitrogens with zero attached hydrogens (tertiary/aromatic N) is 3. The van der Waals surface area contributed by atoms with E-state index in [1.165, 1.54) is 28.5 Å². The minimum Gasteiger partial charge on any atom is -0.476 e. The second-order valence-electron chi connectivity index (χ2n) is 8.55. The van der Waals surface area contributed by atoms with Crippen LogP contribution < -0.4 is 20.5 Å². The average molecular weight is 445 g/mol. The first kappa shape index (κ1) is 20.5. The van der Waals surface area contributed by atoms with Crippen LogP contribution in [-0.2, 0) is 42.1 Å². The van der Waals surface area contributed by atoms with Crippen molar-refractivity contribution in [3.8, 4) is 5.88 Å². The molecule has 4 N–H and O–H groups in total. The first-order valence-corrected chi connectivity index (χ1v) is 12.4. The minimum absolute atomic E-state index is 0.161. The van der Waals surface area contributed by atoms with Crippen molar-refractivity contribution in [2.45, 2.75) is 50.0 Å². The van der Waals surface area contributed by atoms with E-state index >= 15 is 0 Å². The number of nitrogens with one attached hydrogen (secondary N) is 2. The van der Waals surface area contributed by atoms with Crippen LogP contribution in [0.4, 0.5) is 10.5 Å². The molecule has 0 radical (unpaired) electrons. The molecule has 0 saturated heterocycles. The molecule has 0 bridgehead atoms. The molecule has 1 aromatic carbocycles. The quantitative estimate of drug-likeness (QED) is 0.666. The molecule has 10 heteroatoms. The molecule has 0 saturated carbocycles. The Morgan fingerprint density at radius 2 is 2.00 bits per heavy atom. The van der Waals surface area contributed by atoms with Gasteiger partial charge in [0.15, 0.2) is 9.92 Å². The molecule has 166 valence electrons. The zero-order chi connectivity index (χ0) is 21.6. The molecule has 3 aliphatic rings. The number of anilines is 1. The molecule has 9 nitrogen and oxygen atoms in total.